The van der Waals surface area contributed by atoms with Gasteiger partial charge in [-0.05, 0) is 53.7 Å². The van der Waals surface area contributed by atoms with Crippen LogP contribution in [0.4, 0.5) is 11.5 Å². The van der Waals surface area contributed by atoms with Gasteiger partial charge < -0.3 is 20.2 Å². The van der Waals surface area contributed by atoms with Crippen LogP contribution in [-0.4, -0.2) is 37.9 Å². The van der Waals surface area contributed by atoms with E-state index in [1.54, 1.807) is 13.0 Å². The van der Waals surface area contributed by atoms with Crippen molar-refractivity contribution in [3.63, 3.8) is 0 Å². The highest BCUT2D eigenvalue weighted by Crippen LogP contribution is 2.23. The van der Waals surface area contributed by atoms with Gasteiger partial charge in [-0.25, -0.2) is 13.1 Å². The SMILES string of the molecule is CNS(=O)(=O)c1cc(NC(=O)COc2cccnc2[N+](=O)[O-])ccc1C. The molecule has 1 amide bonds. The van der Waals surface area contributed by atoms with Gasteiger partial charge in [0, 0.05) is 5.69 Å². The third-order valence-electron chi connectivity index (χ3n) is 3.31. The Bertz CT molecular complexity index is 945. The highest BCUT2D eigenvalue weighted by molar-refractivity contribution is 7.89. The fourth-order valence-electron chi connectivity index (χ4n) is 2.05. The Morgan fingerprint density at radius 1 is 1.35 bits per heavy atom. The van der Waals surface area contributed by atoms with Crippen molar-refractivity contribution in [2.75, 3.05) is 19.0 Å². The summed E-state index contributed by atoms with van der Waals surface area (Å²) in [6.07, 6.45) is 1.24. The number of hydrogen-bond acceptors (Lipinski definition) is 7. The molecule has 138 valence electrons. The van der Waals surface area contributed by atoms with Crippen LogP contribution in [0.15, 0.2) is 41.4 Å². The molecule has 26 heavy (non-hydrogen) atoms. The van der Waals surface area contributed by atoms with Crippen LogP contribution in [0.3, 0.4) is 0 Å². The Hall–Kier alpha value is -3.05. The molecule has 0 spiro atoms. The molecule has 1 aromatic heterocycles. The van der Waals surface area contributed by atoms with E-state index in [1.165, 1.54) is 37.5 Å². The molecule has 0 bridgehead atoms. The summed E-state index contributed by atoms with van der Waals surface area (Å²) in [7, 11) is -2.39. The maximum absolute atomic E-state index is 12.0. The smallest absolute Gasteiger partial charge is 0.406 e. The van der Waals surface area contributed by atoms with E-state index in [9.17, 15) is 23.3 Å². The molecule has 0 saturated heterocycles. The molecule has 2 aromatic rings. The summed E-state index contributed by atoms with van der Waals surface area (Å²) in [6, 6.07) is 7.16. The number of carbonyl (C=O) groups is 1. The Morgan fingerprint density at radius 2 is 2.08 bits per heavy atom. The minimum absolute atomic E-state index is 0.0293. The maximum Gasteiger partial charge on any atom is 0.406 e. The van der Waals surface area contributed by atoms with Gasteiger partial charge in [0.15, 0.2) is 6.61 Å². The summed E-state index contributed by atoms with van der Waals surface area (Å²) in [6.45, 7) is 1.12. The Labute approximate surface area is 149 Å². The summed E-state index contributed by atoms with van der Waals surface area (Å²) < 4.78 is 31.2. The Balaban J connectivity index is 2.10. The van der Waals surface area contributed by atoms with Crippen LogP contribution in [0.1, 0.15) is 5.56 Å². The molecule has 0 aliphatic heterocycles. The van der Waals surface area contributed by atoms with E-state index in [0.29, 0.717) is 5.56 Å². The minimum atomic E-state index is -3.67. The zero-order valence-corrected chi connectivity index (χ0v) is 14.7. The lowest BCUT2D eigenvalue weighted by Crippen LogP contribution is -2.22. The minimum Gasteiger partial charge on any atom is -0.476 e. The molecule has 0 radical (unpaired) electrons. The average Bonchev–Trinajstić information content (AvgIpc) is 2.61. The van der Waals surface area contributed by atoms with Gasteiger partial charge in [0.2, 0.25) is 15.8 Å². The van der Waals surface area contributed by atoms with E-state index < -0.39 is 33.3 Å². The predicted octanol–water partition coefficient (Wildman–Crippen LogP) is 1.22. The topological polar surface area (TPSA) is 141 Å². The number of aromatic nitrogens is 1. The van der Waals surface area contributed by atoms with Crippen molar-refractivity contribution in [2.24, 2.45) is 0 Å². The van der Waals surface area contributed by atoms with Crippen LogP contribution in [0.2, 0.25) is 0 Å². The highest BCUT2D eigenvalue weighted by atomic mass is 32.2. The first-order valence-corrected chi connectivity index (χ1v) is 8.79. The molecule has 0 atom stereocenters. The van der Waals surface area contributed by atoms with Gasteiger partial charge in [-0.3, -0.25) is 4.79 Å². The van der Waals surface area contributed by atoms with Crippen molar-refractivity contribution in [2.45, 2.75) is 11.8 Å². The second kappa shape index (κ2) is 7.89. The van der Waals surface area contributed by atoms with E-state index in [2.05, 4.69) is 15.0 Å². The number of anilines is 1. The van der Waals surface area contributed by atoms with Gasteiger partial charge in [0.05, 0.1) is 4.90 Å². The van der Waals surface area contributed by atoms with Gasteiger partial charge in [-0.2, -0.15) is 0 Å². The third kappa shape index (κ3) is 4.52. The summed E-state index contributed by atoms with van der Waals surface area (Å²) in [5.74, 6) is -1.26. The molecule has 1 aromatic carbocycles. The molecule has 2 rings (SSSR count). The fourth-order valence-corrected chi connectivity index (χ4v) is 3.04. The number of nitro groups is 1. The van der Waals surface area contributed by atoms with E-state index in [1.807, 2.05) is 0 Å². The van der Waals surface area contributed by atoms with E-state index in [4.69, 9.17) is 4.74 Å². The van der Waals surface area contributed by atoms with Crippen LogP contribution in [0, 0.1) is 17.0 Å². The normalized spacial score (nSPS) is 11.0. The van der Waals surface area contributed by atoms with Crippen molar-refractivity contribution in [1.82, 2.24) is 9.71 Å². The molecule has 2 N–H and O–H groups in total. The number of nitrogens with one attached hydrogen (secondary N) is 2. The van der Waals surface area contributed by atoms with E-state index in [-0.39, 0.29) is 16.3 Å². The Kier molecular flexibility index (Phi) is 5.85. The van der Waals surface area contributed by atoms with Crippen molar-refractivity contribution in [3.8, 4) is 5.75 Å². The summed E-state index contributed by atoms with van der Waals surface area (Å²) in [4.78, 5) is 25.7. The highest BCUT2D eigenvalue weighted by Gasteiger charge is 2.18. The molecule has 0 fully saturated rings. The molecular formula is C15H16N4O6S. The largest absolute Gasteiger partial charge is 0.476 e. The Morgan fingerprint density at radius 3 is 2.73 bits per heavy atom. The predicted molar refractivity (Wildman–Crippen MR) is 92.4 cm³/mol. The number of benzene rings is 1. The van der Waals surface area contributed by atoms with E-state index >= 15 is 0 Å². The monoisotopic (exact) mass is 380 g/mol. The zero-order valence-electron chi connectivity index (χ0n) is 13.9. The molecule has 11 heteroatoms. The fraction of sp³-hybridized carbons (Fsp3) is 0.200. The molecular weight excluding hydrogens is 364 g/mol. The van der Waals surface area contributed by atoms with Gasteiger partial charge in [-0.1, -0.05) is 6.07 Å². The first-order valence-electron chi connectivity index (χ1n) is 7.31. The number of hydrogen-bond donors (Lipinski definition) is 2. The second-order valence-electron chi connectivity index (χ2n) is 5.11. The summed E-state index contributed by atoms with van der Waals surface area (Å²) in [5, 5.41) is 13.3. The first kappa shape index (κ1) is 19.3. The standard InChI is InChI=1S/C15H16N4O6S/c1-10-5-6-11(8-13(10)26(23,24)16-2)18-14(20)9-25-12-4-3-7-17-15(12)19(21)22/h3-8,16H,9H2,1-2H3,(H,18,20). The number of aryl methyl sites for hydroxylation is 1. The van der Waals surface area contributed by atoms with Crippen molar-refractivity contribution in [1.29, 1.82) is 0 Å². The number of carbonyl (C=O) groups excluding carboxylic acids is 1. The van der Waals surface area contributed by atoms with Crippen LogP contribution in [0.25, 0.3) is 0 Å². The lowest BCUT2D eigenvalue weighted by molar-refractivity contribution is -0.390. The summed E-state index contributed by atoms with van der Waals surface area (Å²) in [5.41, 5.74) is 0.762. The van der Waals surface area contributed by atoms with Crippen LogP contribution in [-0.2, 0) is 14.8 Å². The number of pyridine rings is 1. The van der Waals surface area contributed by atoms with Gasteiger partial charge in [-0.15, -0.1) is 0 Å². The van der Waals surface area contributed by atoms with Gasteiger partial charge >= 0.3 is 5.82 Å². The lowest BCUT2D eigenvalue weighted by Gasteiger charge is -2.11. The number of ether oxygens (including phenoxy) is 1. The number of sulfonamides is 1. The molecule has 0 aliphatic rings. The van der Waals surface area contributed by atoms with Crippen LogP contribution >= 0.6 is 0 Å². The molecule has 0 saturated carbocycles. The third-order valence-corrected chi connectivity index (χ3v) is 4.87. The first-order chi connectivity index (χ1) is 12.2. The van der Waals surface area contributed by atoms with E-state index in [0.717, 1.165) is 0 Å². The van der Waals surface area contributed by atoms with Gasteiger partial charge in [0.25, 0.3) is 5.91 Å². The van der Waals surface area contributed by atoms with Crippen molar-refractivity contribution in [3.05, 3.63) is 52.2 Å². The van der Waals surface area contributed by atoms with Crippen LogP contribution in [0.5, 0.6) is 5.75 Å². The van der Waals surface area contributed by atoms with Crippen molar-refractivity contribution >= 4 is 27.4 Å². The quantitative estimate of drug-likeness (QED) is 0.543. The molecule has 10 nitrogen and oxygen atoms in total. The molecule has 0 unspecified atom stereocenters. The lowest BCUT2D eigenvalue weighted by atomic mass is 10.2. The number of rotatable bonds is 7. The number of amides is 1. The zero-order chi connectivity index (χ0) is 19.3. The maximum atomic E-state index is 12.0. The molecule has 0 aliphatic carbocycles. The second-order valence-corrected chi connectivity index (χ2v) is 6.96. The summed E-state index contributed by atoms with van der Waals surface area (Å²) >= 11 is 0. The molecule has 1 heterocycles. The van der Waals surface area contributed by atoms with Crippen LogP contribution < -0.4 is 14.8 Å². The van der Waals surface area contributed by atoms with Crippen molar-refractivity contribution < 1.29 is 22.9 Å². The number of nitrogens with zero attached hydrogens (tertiary/aromatic N) is 2. The average molecular weight is 380 g/mol. The van der Waals surface area contributed by atoms with Gasteiger partial charge in [0.1, 0.15) is 6.20 Å².